The van der Waals surface area contributed by atoms with Gasteiger partial charge in [0.2, 0.25) is 0 Å². The van der Waals surface area contributed by atoms with Crippen LogP contribution in [0, 0.1) is 6.92 Å². The molecule has 0 bridgehead atoms. The smallest absolute Gasteiger partial charge is 0.118 e. The number of rotatable bonds is 3. The highest BCUT2D eigenvalue weighted by Gasteiger charge is 2.01. The van der Waals surface area contributed by atoms with E-state index in [9.17, 15) is 0 Å². The van der Waals surface area contributed by atoms with Crippen LogP contribution in [0.1, 0.15) is 16.8 Å². The minimum absolute atomic E-state index is 0.891. The highest BCUT2D eigenvalue weighted by molar-refractivity contribution is 5.31. The number of ether oxygens (including phenoxy) is 1. The molecule has 3 nitrogen and oxygen atoms in total. The van der Waals surface area contributed by atoms with Gasteiger partial charge in [-0.25, -0.2) is 0 Å². The Morgan fingerprint density at radius 2 is 2.00 bits per heavy atom. The fraction of sp³-hybridized carbons (Fsp3) is 0.250. The van der Waals surface area contributed by atoms with Crippen molar-refractivity contribution in [3.63, 3.8) is 0 Å². The maximum absolute atomic E-state index is 5.11. The maximum atomic E-state index is 5.11. The molecule has 78 valence electrons. The highest BCUT2D eigenvalue weighted by atomic mass is 16.5. The van der Waals surface area contributed by atoms with Gasteiger partial charge < -0.3 is 4.74 Å². The van der Waals surface area contributed by atoms with Gasteiger partial charge >= 0.3 is 0 Å². The lowest BCUT2D eigenvalue weighted by atomic mass is 10.1. The zero-order valence-corrected chi connectivity index (χ0v) is 8.95. The van der Waals surface area contributed by atoms with Crippen LogP contribution >= 0.6 is 0 Å². The molecule has 0 aliphatic rings. The molecule has 1 N–H and O–H groups in total. The van der Waals surface area contributed by atoms with E-state index in [1.165, 1.54) is 11.1 Å². The Labute approximate surface area is 89.1 Å². The first kappa shape index (κ1) is 9.77. The van der Waals surface area contributed by atoms with Gasteiger partial charge in [0.1, 0.15) is 5.75 Å². The Morgan fingerprint density at radius 3 is 2.53 bits per heavy atom. The average Bonchev–Trinajstić information content (AvgIpc) is 2.66. The third-order valence-electron chi connectivity index (χ3n) is 2.49. The molecule has 15 heavy (non-hydrogen) atoms. The zero-order valence-electron chi connectivity index (χ0n) is 8.95. The molecule has 0 atom stereocenters. The van der Waals surface area contributed by atoms with Gasteiger partial charge in [-0.2, -0.15) is 5.10 Å². The van der Waals surface area contributed by atoms with Gasteiger partial charge in [0.15, 0.2) is 0 Å². The third-order valence-corrected chi connectivity index (χ3v) is 2.49. The molecule has 0 aliphatic heterocycles. The van der Waals surface area contributed by atoms with E-state index >= 15 is 0 Å². The van der Waals surface area contributed by atoms with E-state index in [1.54, 1.807) is 7.11 Å². The molecule has 2 rings (SSSR count). The second-order valence-electron chi connectivity index (χ2n) is 3.55. The van der Waals surface area contributed by atoms with Gasteiger partial charge in [-0.15, -0.1) is 0 Å². The number of aryl methyl sites for hydroxylation is 1. The van der Waals surface area contributed by atoms with Gasteiger partial charge in [0.05, 0.1) is 13.3 Å². The van der Waals surface area contributed by atoms with Crippen molar-refractivity contribution in [1.29, 1.82) is 0 Å². The second kappa shape index (κ2) is 4.17. The molecule has 0 amide bonds. The number of nitrogens with one attached hydrogen (secondary N) is 1. The molecule has 0 unspecified atom stereocenters. The number of aromatic amines is 1. The topological polar surface area (TPSA) is 37.9 Å². The second-order valence-corrected chi connectivity index (χ2v) is 3.55. The highest BCUT2D eigenvalue weighted by Crippen LogP contribution is 2.15. The van der Waals surface area contributed by atoms with Crippen LogP contribution in [0.3, 0.4) is 0 Å². The van der Waals surface area contributed by atoms with Crippen molar-refractivity contribution < 1.29 is 4.74 Å². The maximum Gasteiger partial charge on any atom is 0.118 e. The Hall–Kier alpha value is -1.77. The Morgan fingerprint density at radius 1 is 1.27 bits per heavy atom. The van der Waals surface area contributed by atoms with Crippen LogP contribution in [0.15, 0.2) is 30.5 Å². The number of methoxy groups -OCH3 is 1. The summed E-state index contributed by atoms with van der Waals surface area (Å²) in [5.41, 5.74) is 3.63. The lowest BCUT2D eigenvalue weighted by Crippen LogP contribution is -1.89. The van der Waals surface area contributed by atoms with E-state index in [0.717, 1.165) is 17.9 Å². The van der Waals surface area contributed by atoms with Gasteiger partial charge in [0, 0.05) is 12.1 Å². The minimum Gasteiger partial charge on any atom is -0.497 e. The van der Waals surface area contributed by atoms with Gasteiger partial charge in [0.25, 0.3) is 0 Å². The molecule has 0 fully saturated rings. The summed E-state index contributed by atoms with van der Waals surface area (Å²) in [4.78, 5) is 0. The molecule has 0 saturated heterocycles. The first-order valence-corrected chi connectivity index (χ1v) is 4.91. The molecule has 2 aromatic rings. The van der Waals surface area contributed by atoms with E-state index in [-0.39, 0.29) is 0 Å². The quantitative estimate of drug-likeness (QED) is 0.829. The van der Waals surface area contributed by atoms with Crippen LogP contribution in [0.25, 0.3) is 0 Å². The summed E-state index contributed by atoms with van der Waals surface area (Å²) in [7, 11) is 1.68. The van der Waals surface area contributed by atoms with Crippen LogP contribution < -0.4 is 4.74 Å². The standard InChI is InChI=1S/C12H14N2O/c1-9-11(8-13-14-9)7-10-3-5-12(15-2)6-4-10/h3-6,8H,7H2,1-2H3,(H,13,14). The number of hydrogen-bond acceptors (Lipinski definition) is 2. The van der Waals surface area contributed by atoms with E-state index in [1.807, 2.05) is 25.3 Å². The molecule has 3 heteroatoms. The molecule has 0 radical (unpaired) electrons. The lowest BCUT2D eigenvalue weighted by molar-refractivity contribution is 0.414. The van der Waals surface area contributed by atoms with Crippen LogP contribution in [0.5, 0.6) is 5.75 Å². The number of nitrogens with zero attached hydrogens (tertiary/aromatic N) is 1. The van der Waals surface area contributed by atoms with Crippen LogP contribution in [-0.2, 0) is 6.42 Å². The molecule has 0 saturated carbocycles. The SMILES string of the molecule is COc1ccc(Cc2cn[nH]c2C)cc1. The van der Waals surface area contributed by atoms with Crippen molar-refractivity contribution in [1.82, 2.24) is 10.2 Å². The van der Waals surface area contributed by atoms with E-state index < -0.39 is 0 Å². The number of benzene rings is 1. The van der Waals surface area contributed by atoms with Crippen LogP contribution in [0.2, 0.25) is 0 Å². The van der Waals surface area contributed by atoms with Crippen molar-refractivity contribution in [2.45, 2.75) is 13.3 Å². The first-order chi connectivity index (χ1) is 7.29. The molecule has 1 heterocycles. The summed E-state index contributed by atoms with van der Waals surface area (Å²) in [5.74, 6) is 0.891. The van der Waals surface area contributed by atoms with Crippen molar-refractivity contribution in [2.75, 3.05) is 7.11 Å². The average molecular weight is 202 g/mol. The normalized spacial score (nSPS) is 10.3. The Bertz CT molecular complexity index is 431. The molecule has 1 aromatic heterocycles. The Kier molecular flexibility index (Phi) is 2.72. The summed E-state index contributed by atoms with van der Waals surface area (Å²) in [5, 5.41) is 6.94. The molecular formula is C12H14N2O. The predicted octanol–water partition coefficient (Wildman–Crippen LogP) is 2.32. The van der Waals surface area contributed by atoms with Gasteiger partial charge in [-0.05, 0) is 30.2 Å². The molecule has 0 spiro atoms. The summed E-state index contributed by atoms with van der Waals surface area (Å²) < 4.78 is 5.11. The van der Waals surface area contributed by atoms with E-state index in [0.29, 0.717) is 0 Å². The summed E-state index contributed by atoms with van der Waals surface area (Å²) >= 11 is 0. The van der Waals surface area contributed by atoms with Crippen molar-refractivity contribution in [3.05, 3.63) is 47.3 Å². The van der Waals surface area contributed by atoms with Crippen molar-refractivity contribution in [3.8, 4) is 5.75 Å². The summed E-state index contributed by atoms with van der Waals surface area (Å²) in [6, 6.07) is 8.10. The first-order valence-electron chi connectivity index (χ1n) is 4.91. The summed E-state index contributed by atoms with van der Waals surface area (Å²) in [6.45, 7) is 2.03. The predicted molar refractivity (Wildman–Crippen MR) is 59.1 cm³/mol. The zero-order chi connectivity index (χ0) is 10.7. The van der Waals surface area contributed by atoms with Crippen molar-refractivity contribution in [2.24, 2.45) is 0 Å². The van der Waals surface area contributed by atoms with E-state index in [4.69, 9.17) is 4.74 Å². The Balaban J connectivity index is 2.14. The fourth-order valence-electron chi connectivity index (χ4n) is 1.52. The summed E-state index contributed by atoms with van der Waals surface area (Å²) in [6.07, 6.45) is 2.78. The minimum atomic E-state index is 0.891. The third kappa shape index (κ3) is 2.18. The van der Waals surface area contributed by atoms with Crippen LogP contribution in [-0.4, -0.2) is 17.3 Å². The number of H-pyrrole nitrogens is 1. The van der Waals surface area contributed by atoms with E-state index in [2.05, 4.69) is 22.3 Å². The fourth-order valence-corrected chi connectivity index (χ4v) is 1.52. The molecular weight excluding hydrogens is 188 g/mol. The molecule has 1 aromatic carbocycles. The monoisotopic (exact) mass is 202 g/mol. The number of hydrogen-bond donors (Lipinski definition) is 1. The number of aromatic nitrogens is 2. The lowest BCUT2D eigenvalue weighted by Gasteiger charge is -2.02. The largest absolute Gasteiger partial charge is 0.497 e. The van der Waals surface area contributed by atoms with Gasteiger partial charge in [-0.3, -0.25) is 5.10 Å². The molecule has 0 aliphatic carbocycles. The van der Waals surface area contributed by atoms with Crippen molar-refractivity contribution >= 4 is 0 Å². The van der Waals surface area contributed by atoms with Crippen LogP contribution in [0.4, 0.5) is 0 Å². The van der Waals surface area contributed by atoms with Gasteiger partial charge in [-0.1, -0.05) is 12.1 Å².